The predicted molar refractivity (Wildman–Crippen MR) is 235 cm³/mol. The van der Waals surface area contributed by atoms with E-state index in [0.717, 1.165) is 59.3 Å². The molecule has 3 aromatic heterocycles. The fraction of sp³-hybridized carbons (Fsp3) is 0.489. The third kappa shape index (κ3) is 10.4. The van der Waals surface area contributed by atoms with E-state index in [1.54, 1.807) is 22.2 Å². The van der Waals surface area contributed by atoms with E-state index in [2.05, 4.69) is 44.8 Å². The molecule has 4 amide bonds. The van der Waals surface area contributed by atoms with E-state index in [0.29, 0.717) is 35.8 Å². The zero-order valence-corrected chi connectivity index (χ0v) is 37.8. The summed E-state index contributed by atoms with van der Waals surface area (Å²) in [4.78, 5) is 75.6. The van der Waals surface area contributed by atoms with E-state index in [1.165, 1.54) is 41.9 Å². The van der Waals surface area contributed by atoms with Crippen LogP contribution in [0, 0.1) is 11.8 Å². The first-order valence-corrected chi connectivity index (χ1v) is 21.3. The molecule has 5 heterocycles. The number of rotatable bonds is 14. The lowest BCUT2D eigenvalue weighted by atomic mass is 9.99. The number of oxazole rings is 1. The van der Waals surface area contributed by atoms with Gasteiger partial charge >= 0.3 is 12.2 Å². The molecule has 2 fully saturated rings. The van der Waals surface area contributed by atoms with E-state index in [9.17, 15) is 19.2 Å². The van der Waals surface area contributed by atoms with Gasteiger partial charge in [-0.25, -0.2) is 24.5 Å². The molecule has 0 radical (unpaired) electrons. The number of alkyl carbamates (subject to hydrolysis) is 2. The number of aromatic nitrogens is 5. The van der Waals surface area contributed by atoms with Crippen molar-refractivity contribution in [2.75, 3.05) is 48.6 Å². The number of aromatic amines is 2. The van der Waals surface area contributed by atoms with Gasteiger partial charge in [-0.15, -0.1) is 0 Å². The van der Waals surface area contributed by atoms with Gasteiger partial charge in [0, 0.05) is 45.5 Å². The van der Waals surface area contributed by atoms with Gasteiger partial charge in [-0.3, -0.25) is 9.59 Å². The van der Waals surface area contributed by atoms with Gasteiger partial charge in [0.05, 0.1) is 50.1 Å². The zero-order chi connectivity index (χ0) is 46.1. The van der Waals surface area contributed by atoms with Crippen LogP contribution in [0.4, 0.5) is 9.59 Å². The third-order valence-corrected chi connectivity index (χ3v) is 11.5. The van der Waals surface area contributed by atoms with Crippen molar-refractivity contribution in [2.45, 2.75) is 84.0 Å². The van der Waals surface area contributed by atoms with Gasteiger partial charge < -0.3 is 58.5 Å². The monoisotopic (exact) mass is 885 g/mol. The summed E-state index contributed by atoms with van der Waals surface area (Å²) in [6.07, 6.45) is 6.82. The van der Waals surface area contributed by atoms with Crippen molar-refractivity contribution in [2.24, 2.45) is 11.8 Å². The molecule has 0 saturated carbocycles. The maximum Gasteiger partial charge on any atom is 0.407 e. The molecular weight excluding hydrogens is 827 g/mol. The number of amides is 4. The Hall–Kier alpha value is -6.31. The Morgan fingerprint density at radius 3 is 1.59 bits per heavy atom. The number of hydrogen-bond acceptors (Lipinski definition) is 13. The number of fused-ring (bicyclic) bond motifs is 1. The predicted octanol–water partition coefficient (Wildman–Crippen LogP) is 6.57. The maximum atomic E-state index is 13.6. The minimum atomic E-state index is -0.720. The molecular formula is C45H59N9O10. The smallest absolute Gasteiger partial charge is 0.407 e. The van der Waals surface area contributed by atoms with E-state index < -0.39 is 30.7 Å². The Labute approximate surface area is 371 Å². The number of imidazole rings is 2. The van der Waals surface area contributed by atoms with Gasteiger partial charge in [0.1, 0.15) is 29.2 Å². The molecule has 0 aliphatic carbocycles. The highest BCUT2D eigenvalue weighted by Crippen LogP contribution is 2.38. The molecule has 19 heteroatoms. The molecule has 2 saturated heterocycles. The van der Waals surface area contributed by atoms with Crippen molar-refractivity contribution in [3.63, 3.8) is 0 Å². The lowest BCUT2D eigenvalue weighted by molar-refractivity contribution is -0.252. The van der Waals surface area contributed by atoms with E-state index in [-0.39, 0.29) is 35.7 Å². The molecule has 4 atom stereocenters. The van der Waals surface area contributed by atoms with Gasteiger partial charge in [-0.05, 0) is 54.7 Å². The summed E-state index contributed by atoms with van der Waals surface area (Å²) in [7, 11) is 7.10. The first-order valence-electron chi connectivity index (χ1n) is 21.3. The highest BCUT2D eigenvalue weighted by atomic mass is 16.8. The Morgan fingerprint density at radius 2 is 1.12 bits per heavy atom. The summed E-state index contributed by atoms with van der Waals surface area (Å²) in [5, 5.41) is 5.38. The fourth-order valence-corrected chi connectivity index (χ4v) is 8.19. The van der Waals surface area contributed by atoms with Crippen LogP contribution in [0.3, 0.4) is 0 Å². The lowest BCUT2D eigenvalue weighted by Crippen LogP contribution is -2.51. The highest BCUT2D eigenvalue weighted by molar-refractivity contribution is 5.99. The third-order valence-electron chi connectivity index (χ3n) is 11.5. The van der Waals surface area contributed by atoms with Crippen LogP contribution in [0.2, 0.25) is 0 Å². The van der Waals surface area contributed by atoms with Gasteiger partial charge in [0.15, 0.2) is 12.0 Å². The highest BCUT2D eigenvalue weighted by Gasteiger charge is 2.39. The zero-order valence-electron chi connectivity index (χ0n) is 37.8. The Morgan fingerprint density at radius 1 is 0.656 bits per heavy atom. The largest absolute Gasteiger partial charge is 0.453 e. The van der Waals surface area contributed by atoms with Crippen molar-refractivity contribution in [3.8, 4) is 33.6 Å². The average Bonchev–Trinajstić information content (AvgIpc) is 4.16. The van der Waals surface area contributed by atoms with Crippen LogP contribution in [0.15, 0.2) is 59.6 Å². The molecule has 2 aliphatic rings. The maximum absolute atomic E-state index is 13.6. The SMILES string of the molecule is COC(=O)N[C@H](C(=O)N1CCC[C@H]1c1ncc(-c2ccc(-c3ccc(-c4cnc([C@@H]5CCCN5C(=O)[C@@H](NC(=O)OC)C(C)C)[nH]4)c4ocnc34)cc2)[nH]1)C(C)C.COC(OC)OC. The average molecular weight is 886 g/mol. The molecule has 5 aromatic rings. The van der Waals surface area contributed by atoms with Crippen molar-refractivity contribution in [3.05, 3.63) is 66.8 Å². The molecule has 344 valence electrons. The van der Waals surface area contributed by atoms with E-state index >= 15 is 0 Å². The molecule has 2 aromatic carbocycles. The minimum absolute atomic E-state index is 0.119. The van der Waals surface area contributed by atoms with Crippen LogP contribution in [-0.4, -0.2) is 126 Å². The van der Waals surface area contributed by atoms with Crippen LogP contribution < -0.4 is 10.6 Å². The first kappa shape index (κ1) is 47.2. The molecule has 7 rings (SSSR count). The lowest BCUT2D eigenvalue weighted by Gasteiger charge is -2.30. The molecule has 0 unspecified atom stereocenters. The second kappa shape index (κ2) is 21.4. The number of hydrogen-bond donors (Lipinski definition) is 4. The first-order chi connectivity index (χ1) is 30.8. The summed E-state index contributed by atoms with van der Waals surface area (Å²) in [5.41, 5.74) is 6.41. The van der Waals surface area contributed by atoms with Gasteiger partial charge in [0.2, 0.25) is 11.8 Å². The number of ether oxygens (including phenoxy) is 5. The number of nitrogens with zero attached hydrogens (tertiary/aromatic N) is 5. The van der Waals surface area contributed by atoms with Gasteiger partial charge in [-0.1, -0.05) is 58.0 Å². The second-order valence-electron chi connectivity index (χ2n) is 16.2. The van der Waals surface area contributed by atoms with Crippen LogP contribution in [0.5, 0.6) is 0 Å². The minimum Gasteiger partial charge on any atom is -0.453 e. The topological polar surface area (TPSA) is 228 Å². The van der Waals surface area contributed by atoms with E-state index in [4.69, 9.17) is 18.9 Å². The number of benzene rings is 2. The van der Waals surface area contributed by atoms with Crippen molar-refractivity contribution < 1.29 is 47.3 Å². The number of likely N-dealkylation sites (tertiary alicyclic amines) is 2. The molecule has 0 bridgehead atoms. The van der Waals surface area contributed by atoms with Crippen molar-refractivity contribution in [1.29, 1.82) is 0 Å². The quantitative estimate of drug-likeness (QED) is 0.0866. The van der Waals surface area contributed by atoms with Gasteiger partial charge in [0.25, 0.3) is 6.48 Å². The fourth-order valence-electron chi connectivity index (χ4n) is 8.19. The number of carbonyl (C=O) groups excluding carboxylic acids is 4. The Balaban J connectivity index is 0.000000898. The molecule has 64 heavy (non-hydrogen) atoms. The summed E-state index contributed by atoms with van der Waals surface area (Å²) in [6.45, 7) is 8.18. The molecule has 0 spiro atoms. The Bertz CT molecular complexity index is 2350. The molecule has 19 nitrogen and oxygen atoms in total. The van der Waals surface area contributed by atoms with Crippen LogP contribution >= 0.6 is 0 Å². The number of methoxy groups -OCH3 is 5. The summed E-state index contributed by atoms with van der Waals surface area (Å²) in [6, 6.07) is 10.1. The standard InChI is InChI=1S/C41H49N9O7.C4H10O3/c1-22(2)32(47-40(53)55-5)38(51)49-17-7-9-30(49)36-42-19-28(45-36)25-13-11-24(12-14-25)26-15-16-27(35-34(26)44-21-57-35)29-20-43-37(46-29)31-10-8-18-50(31)39(52)33(23(3)4)48-41(54)56-6;1-5-4(6-2)7-3/h11-16,19-23,30-33H,7-10,17-18H2,1-6H3,(H,42,45)(H,43,46)(H,47,53)(H,48,54);4H,1-3H3/t30-,31-,32-,33-;/m0./s1. The van der Waals surface area contributed by atoms with Gasteiger partial charge in [-0.2, -0.15) is 0 Å². The normalized spacial score (nSPS) is 17.1. The Kier molecular flexibility index (Phi) is 15.8. The van der Waals surface area contributed by atoms with Crippen molar-refractivity contribution in [1.82, 2.24) is 45.4 Å². The van der Waals surface area contributed by atoms with Crippen LogP contribution in [0.25, 0.3) is 44.7 Å². The number of carbonyl (C=O) groups is 4. The van der Waals surface area contributed by atoms with Crippen molar-refractivity contribution >= 4 is 35.1 Å². The number of nitrogens with one attached hydrogen (secondary N) is 4. The molecule has 4 N–H and O–H groups in total. The van der Waals surface area contributed by atoms with Crippen LogP contribution in [-0.2, 0) is 33.3 Å². The summed E-state index contributed by atoms with van der Waals surface area (Å²) in [5.74, 6) is 0.781. The van der Waals surface area contributed by atoms with Crippen LogP contribution in [0.1, 0.15) is 77.1 Å². The summed E-state index contributed by atoms with van der Waals surface area (Å²) >= 11 is 0. The van der Waals surface area contributed by atoms with E-state index in [1.807, 2.05) is 64.1 Å². The molecule has 2 aliphatic heterocycles. The second-order valence-corrected chi connectivity index (χ2v) is 16.2. The number of H-pyrrole nitrogens is 2. The summed E-state index contributed by atoms with van der Waals surface area (Å²) < 4.78 is 29.3.